The quantitative estimate of drug-likeness (QED) is 0.132. The van der Waals surface area contributed by atoms with Gasteiger partial charge in [0.15, 0.2) is 0 Å². The Kier molecular flexibility index (Phi) is 11.4. The number of aliphatic hydroxyl groups is 1. The zero-order chi connectivity index (χ0) is 27.3. The van der Waals surface area contributed by atoms with E-state index in [0.717, 1.165) is 24.0 Å². The molecule has 0 amide bonds. The average Bonchev–Trinajstić information content (AvgIpc) is 2.94. The van der Waals surface area contributed by atoms with E-state index in [4.69, 9.17) is 19.3 Å². The van der Waals surface area contributed by atoms with E-state index in [1.807, 2.05) is 18.2 Å². The Bertz CT molecular complexity index is 1200. The van der Waals surface area contributed by atoms with Crippen molar-refractivity contribution in [2.75, 3.05) is 26.4 Å². The smallest absolute Gasteiger partial charge is 0.333 e. The second-order valence-corrected chi connectivity index (χ2v) is 9.37. The lowest BCUT2D eigenvalue weighted by Gasteiger charge is -2.16. The molecule has 0 aliphatic rings. The number of unbranched alkanes of at least 4 members (excludes halogenated alkanes) is 2. The zero-order valence-electron chi connectivity index (χ0n) is 22.9. The summed E-state index contributed by atoms with van der Waals surface area (Å²) in [5.74, 6) is 0.784. The molecule has 3 aromatic rings. The molecular formula is C33H40O5. The van der Waals surface area contributed by atoms with Crippen molar-refractivity contribution in [2.24, 2.45) is 0 Å². The zero-order valence-corrected chi connectivity index (χ0v) is 22.9. The number of hydrogen-bond donors (Lipinski definition) is 1. The van der Waals surface area contributed by atoms with E-state index in [0.29, 0.717) is 17.1 Å². The van der Waals surface area contributed by atoms with Crippen molar-refractivity contribution in [2.45, 2.75) is 52.9 Å². The van der Waals surface area contributed by atoms with Gasteiger partial charge in [-0.2, -0.15) is 0 Å². The standard InChI is InChI=1S/C33H40O5/c1-5-7-8-9-25-10-12-27(13-11-25)30-16-14-28(22-26(30)6-2)31-17-15-29(36-19-18-34)23-32(31)37-20-21-38-33(35)24(3)4/h10-17,22-23,34H,3,5-9,18-21H2,1-2,4H3. The third-order valence-corrected chi connectivity index (χ3v) is 6.37. The molecule has 5 nitrogen and oxygen atoms in total. The van der Waals surface area contributed by atoms with Crippen LogP contribution in [0.2, 0.25) is 0 Å². The number of ether oxygens (including phenoxy) is 3. The van der Waals surface area contributed by atoms with Crippen LogP contribution in [0, 0.1) is 0 Å². The summed E-state index contributed by atoms with van der Waals surface area (Å²) >= 11 is 0. The van der Waals surface area contributed by atoms with Gasteiger partial charge >= 0.3 is 5.97 Å². The maximum Gasteiger partial charge on any atom is 0.333 e. The molecular weight excluding hydrogens is 476 g/mol. The predicted octanol–water partition coefficient (Wildman–Crippen LogP) is 7.18. The molecule has 0 atom stereocenters. The Morgan fingerprint density at radius 1 is 0.842 bits per heavy atom. The number of hydrogen-bond acceptors (Lipinski definition) is 5. The van der Waals surface area contributed by atoms with Crippen LogP contribution in [0.15, 0.2) is 72.8 Å². The first-order chi connectivity index (χ1) is 18.5. The molecule has 0 aliphatic carbocycles. The molecule has 3 rings (SSSR count). The molecule has 0 heterocycles. The lowest BCUT2D eigenvalue weighted by atomic mass is 9.92. The van der Waals surface area contributed by atoms with E-state index in [2.05, 4.69) is 62.9 Å². The highest BCUT2D eigenvalue weighted by molar-refractivity contribution is 5.86. The van der Waals surface area contributed by atoms with Crippen LogP contribution < -0.4 is 9.47 Å². The van der Waals surface area contributed by atoms with Crippen LogP contribution in [-0.2, 0) is 22.4 Å². The molecule has 0 saturated heterocycles. The largest absolute Gasteiger partial charge is 0.491 e. The predicted molar refractivity (Wildman–Crippen MR) is 154 cm³/mol. The number of esters is 1. The lowest BCUT2D eigenvalue weighted by molar-refractivity contribution is -0.139. The van der Waals surface area contributed by atoms with Crippen LogP contribution in [0.4, 0.5) is 0 Å². The van der Waals surface area contributed by atoms with Gasteiger partial charge in [0.2, 0.25) is 0 Å². The fourth-order valence-electron chi connectivity index (χ4n) is 4.29. The summed E-state index contributed by atoms with van der Waals surface area (Å²) in [5.41, 5.74) is 7.39. The van der Waals surface area contributed by atoms with Crippen molar-refractivity contribution in [1.29, 1.82) is 0 Å². The van der Waals surface area contributed by atoms with E-state index in [9.17, 15) is 4.79 Å². The van der Waals surface area contributed by atoms with E-state index in [1.165, 1.54) is 41.5 Å². The molecule has 5 heteroatoms. The number of aryl methyl sites for hydroxylation is 2. The Morgan fingerprint density at radius 2 is 1.58 bits per heavy atom. The monoisotopic (exact) mass is 516 g/mol. The number of benzene rings is 3. The topological polar surface area (TPSA) is 65.0 Å². The molecule has 202 valence electrons. The highest BCUT2D eigenvalue weighted by Gasteiger charge is 2.13. The second-order valence-electron chi connectivity index (χ2n) is 9.37. The van der Waals surface area contributed by atoms with Crippen molar-refractivity contribution in [1.82, 2.24) is 0 Å². The molecule has 0 bridgehead atoms. The van der Waals surface area contributed by atoms with Gasteiger partial charge in [-0.3, -0.25) is 0 Å². The van der Waals surface area contributed by atoms with Gasteiger partial charge in [-0.05, 0) is 66.1 Å². The van der Waals surface area contributed by atoms with Gasteiger partial charge in [-0.25, -0.2) is 4.79 Å². The molecule has 0 unspecified atom stereocenters. The van der Waals surface area contributed by atoms with Gasteiger partial charge in [0.05, 0.1) is 6.61 Å². The summed E-state index contributed by atoms with van der Waals surface area (Å²) in [6.45, 7) is 10.0. The van der Waals surface area contributed by atoms with E-state index >= 15 is 0 Å². The Hall–Kier alpha value is -3.57. The Morgan fingerprint density at radius 3 is 2.26 bits per heavy atom. The maximum atomic E-state index is 11.7. The average molecular weight is 517 g/mol. The Balaban J connectivity index is 1.84. The van der Waals surface area contributed by atoms with Crippen molar-refractivity contribution >= 4 is 5.97 Å². The molecule has 38 heavy (non-hydrogen) atoms. The minimum absolute atomic E-state index is 0.0736. The van der Waals surface area contributed by atoms with Gasteiger partial charge in [0.25, 0.3) is 0 Å². The number of carbonyl (C=O) groups is 1. The first kappa shape index (κ1) is 29.0. The fraction of sp³-hybridized carbons (Fsp3) is 0.364. The minimum Gasteiger partial charge on any atom is -0.491 e. The third-order valence-electron chi connectivity index (χ3n) is 6.37. The molecule has 0 aliphatic heterocycles. The molecule has 1 N–H and O–H groups in total. The van der Waals surface area contributed by atoms with Crippen molar-refractivity contribution in [3.8, 4) is 33.8 Å². The fourth-order valence-corrected chi connectivity index (χ4v) is 4.29. The SMILES string of the molecule is C=C(C)C(=O)OCCOc1cc(OCCO)ccc1-c1ccc(-c2ccc(CCCCC)cc2)c(CC)c1. The van der Waals surface area contributed by atoms with Crippen LogP contribution in [0.25, 0.3) is 22.3 Å². The van der Waals surface area contributed by atoms with Crippen LogP contribution in [0.3, 0.4) is 0 Å². The van der Waals surface area contributed by atoms with Crippen molar-refractivity contribution in [3.63, 3.8) is 0 Å². The van der Waals surface area contributed by atoms with Gasteiger partial charge < -0.3 is 19.3 Å². The summed E-state index contributed by atoms with van der Waals surface area (Å²) in [6, 6.07) is 21.1. The van der Waals surface area contributed by atoms with Gasteiger partial charge in [-0.15, -0.1) is 0 Å². The van der Waals surface area contributed by atoms with Gasteiger partial charge in [-0.1, -0.05) is 75.7 Å². The Labute approximate surface area is 227 Å². The minimum atomic E-state index is -0.439. The molecule has 0 fully saturated rings. The molecule has 0 radical (unpaired) electrons. The normalized spacial score (nSPS) is 10.7. The molecule has 0 spiro atoms. The van der Waals surface area contributed by atoms with E-state index in [-0.39, 0.29) is 26.4 Å². The summed E-state index contributed by atoms with van der Waals surface area (Å²) in [7, 11) is 0. The molecule has 0 saturated carbocycles. The van der Waals surface area contributed by atoms with Crippen molar-refractivity contribution < 1.29 is 24.1 Å². The van der Waals surface area contributed by atoms with Crippen LogP contribution >= 0.6 is 0 Å². The van der Waals surface area contributed by atoms with E-state index in [1.54, 1.807) is 6.92 Å². The van der Waals surface area contributed by atoms with Crippen molar-refractivity contribution in [3.05, 3.63) is 83.9 Å². The first-order valence-corrected chi connectivity index (χ1v) is 13.5. The summed E-state index contributed by atoms with van der Waals surface area (Å²) < 4.78 is 16.8. The molecule has 0 aromatic heterocycles. The van der Waals surface area contributed by atoms with Crippen LogP contribution in [0.5, 0.6) is 11.5 Å². The summed E-state index contributed by atoms with van der Waals surface area (Å²) in [6.07, 6.45) is 5.75. The van der Waals surface area contributed by atoms with E-state index < -0.39 is 5.97 Å². The lowest BCUT2D eigenvalue weighted by Crippen LogP contribution is -2.12. The number of aliphatic hydroxyl groups excluding tert-OH is 1. The number of rotatable bonds is 15. The maximum absolute atomic E-state index is 11.7. The van der Waals surface area contributed by atoms with Crippen LogP contribution in [0.1, 0.15) is 51.2 Å². The molecule has 3 aromatic carbocycles. The first-order valence-electron chi connectivity index (χ1n) is 13.5. The highest BCUT2D eigenvalue weighted by Crippen LogP contribution is 2.36. The second kappa shape index (κ2) is 15.0. The summed E-state index contributed by atoms with van der Waals surface area (Å²) in [5, 5.41) is 9.13. The number of carbonyl (C=O) groups excluding carboxylic acids is 1. The van der Waals surface area contributed by atoms with Gasteiger partial charge in [0, 0.05) is 17.2 Å². The third kappa shape index (κ3) is 8.22. The highest BCUT2D eigenvalue weighted by atomic mass is 16.6. The van der Waals surface area contributed by atoms with Gasteiger partial charge in [0.1, 0.15) is 31.3 Å². The summed E-state index contributed by atoms with van der Waals surface area (Å²) in [4.78, 5) is 11.7. The van der Waals surface area contributed by atoms with Crippen LogP contribution in [-0.4, -0.2) is 37.5 Å².